The average Bonchev–Trinajstić information content (AvgIpc) is 2.89. The molecule has 4 N–H and O–H groups in total. The normalized spacial score (nSPS) is 32.2. The van der Waals surface area contributed by atoms with Gasteiger partial charge in [0.2, 0.25) is 0 Å². The lowest BCUT2D eigenvalue weighted by Crippen LogP contribution is -2.58. The Labute approximate surface area is 133 Å². The number of hydrogen-bond acceptors (Lipinski definition) is 8. The van der Waals surface area contributed by atoms with Crippen molar-refractivity contribution in [3.05, 3.63) is 24.3 Å². The zero-order chi connectivity index (χ0) is 15.9. The quantitative estimate of drug-likeness (QED) is 0.627. The minimum absolute atomic E-state index is 0.581. The predicted molar refractivity (Wildman–Crippen MR) is 79.8 cm³/mol. The number of fused-ring (bicyclic) bond motifs is 1. The minimum Gasteiger partial charge on any atom is -0.479 e. The van der Waals surface area contributed by atoms with Crippen molar-refractivity contribution in [1.29, 1.82) is 0 Å². The SMILES string of the molecule is O=C(O)[C@H]1O[C@@H](Sc2nc3ccccc3s2)[C@H](O)[C@@H](O)[C@@H]1O. The van der Waals surface area contributed by atoms with Gasteiger partial charge in [0.05, 0.1) is 10.2 Å². The van der Waals surface area contributed by atoms with Crippen LogP contribution in [0.25, 0.3) is 10.2 Å². The fourth-order valence-corrected chi connectivity index (χ4v) is 4.42. The maximum Gasteiger partial charge on any atom is 0.335 e. The van der Waals surface area contributed by atoms with Crippen LogP contribution < -0.4 is 0 Å². The first-order chi connectivity index (χ1) is 10.5. The molecule has 1 aromatic carbocycles. The number of aliphatic hydroxyl groups excluding tert-OH is 3. The highest BCUT2D eigenvalue weighted by atomic mass is 32.2. The molecule has 3 rings (SSSR count). The lowest BCUT2D eigenvalue weighted by atomic mass is 10.0. The van der Waals surface area contributed by atoms with Gasteiger partial charge >= 0.3 is 5.97 Å². The highest BCUT2D eigenvalue weighted by Gasteiger charge is 2.47. The lowest BCUT2D eigenvalue weighted by Gasteiger charge is -2.38. The lowest BCUT2D eigenvalue weighted by molar-refractivity contribution is -0.209. The van der Waals surface area contributed by atoms with E-state index >= 15 is 0 Å². The molecule has 2 heterocycles. The second-order valence-corrected chi connectivity index (χ2v) is 7.18. The summed E-state index contributed by atoms with van der Waals surface area (Å²) in [7, 11) is 0. The van der Waals surface area contributed by atoms with Gasteiger partial charge in [-0.1, -0.05) is 23.9 Å². The number of aromatic nitrogens is 1. The Morgan fingerprint density at radius 2 is 1.91 bits per heavy atom. The molecule has 1 aliphatic heterocycles. The van der Waals surface area contributed by atoms with Gasteiger partial charge in [-0.2, -0.15) is 0 Å². The van der Waals surface area contributed by atoms with Gasteiger partial charge in [0.15, 0.2) is 10.4 Å². The first-order valence-corrected chi connectivity index (χ1v) is 8.11. The van der Waals surface area contributed by atoms with Crippen LogP contribution in [-0.4, -0.2) is 61.2 Å². The number of aliphatic hydroxyl groups is 3. The molecule has 5 atom stereocenters. The molecule has 0 saturated carbocycles. The molecule has 1 aromatic heterocycles. The van der Waals surface area contributed by atoms with Crippen molar-refractivity contribution in [2.45, 2.75) is 34.2 Å². The van der Waals surface area contributed by atoms with E-state index in [1.165, 1.54) is 11.3 Å². The molecule has 0 unspecified atom stereocenters. The number of benzene rings is 1. The first kappa shape index (κ1) is 15.7. The predicted octanol–water partition coefficient (Wildman–Crippen LogP) is 0.281. The second kappa shape index (κ2) is 6.11. The van der Waals surface area contributed by atoms with Gasteiger partial charge in [0.1, 0.15) is 23.7 Å². The Hall–Kier alpha value is -1.23. The van der Waals surface area contributed by atoms with Gasteiger partial charge in [-0.3, -0.25) is 0 Å². The third kappa shape index (κ3) is 2.83. The maximum absolute atomic E-state index is 11.1. The van der Waals surface area contributed by atoms with Crippen LogP contribution in [0.15, 0.2) is 28.6 Å². The molecule has 1 saturated heterocycles. The van der Waals surface area contributed by atoms with Crippen LogP contribution in [-0.2, 0) is 9.53 Å². The highest BCUT2D eigenvalue weighted by molar-refractivity contribution is 8.01. The first-order valence-electron chi connectivity index (χ1n) is 6.42. The molecule has 9 heteroatoms. The summed E-state index contributed by atoms with van der Waals surface area (Å²) in [6, 6.07) is 7.46. The number of rotatable bonds is 3. The van der Waals surface area contributed by atoms with Gasteiger partial charge in [0.25, 0.3) is 0 Å². The average molecular weight is 343 g/mol. The maximum atomic E-state index is 11.1. The van der Waals surface area contributed by atoms with E-state index in [4.69, 9.17) is 9.84 Å². The molecular formula is C13H13NO6S2. The summed E-state index contributed by atoms with van der Waals surface area (Å²) in [4.78, 5) is 15.4. The number of carbonyl (C=O) groups is 1. The summed E-state index contributed by atoms with van der Waals surface area (Å²) >= 11 is 2.40. The number of ether oxygens (including phenoxy) is 1. The summed E-state index contributed by atoms with van der Waals surface area (Å²) < 4.78 is 6.74. The van der Waals surface area contributed by atoms with Crippen LogP contribution in [0.2, 0.25) is 0 Å². The molecule has 0 aliphatic carbocycles. The van der Waals surface area contributed by atoms with E-state index in [1.54, 1.807) is 0 Å². The Morgan fingerprint density at radius 1 is 1.18 bits per heavy atom. The molecule has 0 bridgehead atoms. The largest absolute Gasteiger partial charge is 0.479 e. The van der Waals surface area contributed by atoms with Gasteiger partial charge < -0.3 is 25.2 Å². The summed E-state index contributed by atoms with van der Waals surface area (Å²) in [5, 5.41) is 38.4. The third-order valence-corrected chi connectivity index (χ3v) is 5.59. The fraction of sp³-hybridized carbons (Fsp3) is 0.385. The molecule has 118 valence electrons. The number of para-hydroxylation sites is 1. The molecule has 1 fully saturated rings. The summed E-state index contributed by atoms with van der Waals surface area (Å²) in [6.45, 7) is 0. The minimum atomic E-state index is -1.68. The molecular weight excluding hydrogens is 330 g/mol. The van der Waals surface area contributed by atoms with Gasteiger partial charge in [-0.25, -0.2) is 9.78 Å². The topological polar surface area (TPSA) is 120 Å². The third-order valence-electron chi connectivity index (χ3n) is 3.30. The van der Waals surface area contributed by atoms with E-state index in [9.17, 15) is 20.1 Å². The Balaban J connectivity index is 1.82. The van der Waals surface area contributed by atoms with E-state index in [1.807, 2.05) is 24.3 Å². The Bertz CT molecular complexity index is 659. The molecule has 1 aliphatic rings. The fourth-order valence-electron chi connectivity index (χ4n) is 2.15. The zero-order valence-electron chi connectivity index (χ0n) is 11.1. The second-order valence-electron chi connectivity index (χ2n) is 4.80. The Morgan fingerprint density at radius 3 is 2.59 bits per heavy atom. The smallest absolute Gasteiger partial charge is 0.335 e. The molecule has 2 aromatic rings. The van der Waals surface area contributed by atoms with Gasteiger partial charge in [-0.05, 0) is 12.1 Å². The highest BCUT2D eigenvalue weighted by Crippen LogP contribution is 2.37. The van der Waals surface area contributed by atoms with Crippen molar-refractivity contribution in [3.63, 3.8) is 0 Å². The molecule has 0 radical (unpaired) electrons. The number of thiazole rings is 1. The van der Waals surface area contributed by atoms with E-state index in [0.29, 0.717) is 4.34 Å². The number of carboxylic acid groups (broad SMARTS) is 1. The monoisotopic (exact) mass is 343 g/mol. The van der Waals surface area contributed by atoms with Crippen LogP contribution in [0, 0.1) is 0 Å². The van der Waals surface area contributed by atoms with Crippen molar-refractivity contribution in [2.75, 3.05) is 0 Å². The van der Waals surface area contributed by atoms with Crippen molar-refractivity contribution < 1.29 is 30.0 Å². The van der Waals surface area contributed by atoms with Gasteiger partial charge in [0, 0.05) is 0 Å². The standard InChI is InChI=1S/C13H13NO6S2/c15-7-8(16)10(11(18)19)20-12(9(7)17)22-13-14-5-3-1-2-4-6(5)21-13/h1-4,7-10,12,15-17H,(H,18,19)/t7-,8-,9+,10-,12-/m0/s1. The van der Waals surface area contributed by atoms with Crippen LogP contribution in [0.1, 0.15) is 0 Å². The van der Waals surface area contributed by atoms with E-state index < -0.39 is 35.8 Å². The zero-order valence-corrected chi connectivity index (χ0v) is 12.7. The molecule has 0 spiro atoms. The van der Waals surface area contributed by atoms with Crippen molar-refractivity contribution in [3.8, 4) is 0 Å². The summed E-state index contributed by atoms with van der Waals surface area (Å²) in [6.07, 6.45) is -6.28. The number of hydrogen-bond donors (Lipinski definition) is 4. The number of nitrogens with zero attached hydrogens (tertiary/aromatic N) is 1. The molecule has 22 heavy (non-hydrogen) atoms. The number of aliphatic carboxylic acids is 1. The molecule has 7 nitrogen and oxygen atoms in total. The molecule has 0 amide bonds. The van der Waals surface area contributed by atoms with E-state index in [-0.39, 0.29) is 0 Å². The Kier molecular flexibility index (Phi) is 4.35. The van der Waals surface area contributed by atoms with Crippen molar-refractivity contribution in [2.24, 2.45) is 0 Å². The number of thioether (sulfide) groups is 1. The van der Waals surface area contributed by atoms with E-state index in [0.717, 1.165) is 22.0 Å². The van der Waals surface area contributed by atoms with Crippen LogP contribution in [0.5, 0.6) is 0 Å². The van der Waals surface area contributed by atoms with Gasteiger partial charge in [-0.15, -0.1) is 11.3 Å². The van der Waals surface area contributed by atoms with Crippen LogP contribution in [0.3, 0.4) is 0 Å². The van der Waals surface area contributed by atoms with Crippen LogP contribution >= 0.6 is 23.1 Å². The van der Waals surface area contributed by atoms with Crippen LogP contribution in [0.4, 0.5) is 0 Å². The van der Waals surface area contributed by atoms with Crippen molar-refractivity contribution in [1.82, 2.24) is 4.98 Å². The van der Waals surface area contributed by atoms with Crippen molar-refractivity contribution >= 4 is 39.3 Å². The van der Waals surface area contributed by atoms with E-state index in [2.05, 4.69) is 4.98 Å². The summed E-state index contributed by atoms with van der Waals surface area (Å²) in [5.41, 5.74) is -0.240. The summed E-state index contributed by atoms with van der Waals surface area (Å²) in [5.74, 6) is -1.40. The number of carboxylic acids is 1.